The van der Waals surface area contributed by atoms with Crippen LogP contribution in [-0.2, 0) is 18.3 Å². The summed E-state index contributed by atoms with van der Waals surface area (Å²) in [6, 6.07) is 17.2. The normalized spacial score (nSPS) is 11.0. The third kappa shape index (κ3) is 3.74. The number of amides is 1. The van der Waals surface area contributed by atoms with Crippen molar-refractivity contribution in [2.24, 2.45) is 7.05 Å². The van der Waals surface area contributed by atoms with Gasteiger partial charge < -0.3 is 9.88 Å². The van der Waals surface area contributed by atoms with Gasteiger partial charge in [-0.05, 0) is 38.0 Å². The molecule has 0 fully saturated rings. The minimum Gasteiger partial charge on any atom is -0.326 e. The number of rotatable bonds is 5. The summed E-state index contributed by atoms with van der Waals surface area (Å²) in [4.78, 5) is 30.0. The maximum atomic E-state index is 13.1. The Labute approximate surface area is 174 Å². The van der Waals surface area contributed by atoms with Gasteiger partial charge in [-0.3, -0.25) is 9.59 Å². The quantitative estimate of drug-likeness (QED) is 0.556. The van der Waals surface area contributed by atoms with Crippen LogP contribution in [0.3, 0.4) is 0 Å². The maximum absolute atomic E-state index is 13.1. The Hall–Kier alpha value is -3.74. The van der Waals surface area contributed by atoms with Gasteiger partial charge in [-0.1, -0.05) is 42.5 Å². The van der Waals surface area contributed by atoms with Gasteiger partial charge in [0.2, 0.25) is 11.7 Å². The molecule has 4 rings (SSSR count). The lowest BCUT2D eigenvalue weighted by atomic mass is 10.1. The van der Waals surface area contributed by atoms with Crippen molar-refractivity contribution in [3.05, 3.63) is 81.8 Å². The van der Waals surface area contributed by atoms with Crippen molar-refractivity contribution in [1.29, 1.82) is 0 Å². The van der Waals surface area contributed by atoms with Gasteiger partial charge in [0.15, 0.2) is 5.82 Å². The molecule has 1 N–H and O–H groups in total. The summed E-state index contributed by atoms with van der Waals surface area (Å²) >= 11 is 0. The third-order valence-electron chi connectivity index (χ3n) is 5.22. The molecule has 7 heteroatoms. The number of carbonyl (C=O) groups excluding carboxylic acids is 1. The molecule has 152 valence electrons. The van der Waals surface area contributed by atoms with E-state index < -0.39 is 0 Å². The summed E-state index contributed by atoms with van der Waals surface area (Å²) in [7, 11) is 1.85. The topological polar surface area (TPSA) is 81.3 Å². The van der Waals surface area contributed by atoms with Crippen LogP contribution in [0.15, 0.2) is 59.4 Å². The van der Waals surface area contributed by atoms with Crippen molar-refractivity contribution in [3.8, 4) is 11.4 Å². The first kappa shape index (κ1) is 19.6. The Morgan fingerprint density at radius 1 is 1.07 bits per heavy atom. The molecule has 0 aliphatic heterocycles. The highest BCUT2D eigenvalue weighted by Gasteiger charge is 2.17. The highest BCUT2D eigenvalue weighted by atomic mass is 16.1. The van der Waals surface area contributed by atoms with Gasteiger partial charge in [0.25, 0.3) is 5.56 Å². The average molecular weight is 401 g/mol. The number of hydrogen-bond acceptors (Lipinski definition) is 4. The molecule has 0 spiro atoms. The van der Waals surface area contributed by atoms with Gasteiger partial charge in [0.1, 0.15) is 0 Å². The first-order valence-electron chi connectivity index (χ1n) is 9.81. The van der Waals surface area contributed by atoms with Crippen LogP contribution in [-0.4, -0.2) is 25.1 Å². The summed E-state index contributed by atoms with van der Waals surface area (Å²) in [6.07, 6.45) is 0.530. The molecule has 2 aromatic carbocycles. The fourth-order valence-corrected chi connectivity index (χ4v) is 3.47. The highest BCUT2D eigenvalue weighted by Crippen LogP contribution is 2.17. The summed E-state index contributed by atoms with van der Waals surface area (Å²) < 4.78 is 3.16. The fourth-order valence-electron chi connectivity index (χ4n) is 3.47. The second kappa shape index (κ2) is 7.94. The van der Waals surface area contributed by atoms with E-state index >= 15 is 0 Å². The van der Waals surface area contributed by atoms with Gasteiger partial charge in [-0.2, -0.15) is 9.50 Å². The predicted octanol–water partition coefficient (Wildman–Crippen LogP) is 3.28. The smallest absolute Gasteiger partial charge is 0.279 e. The largest absolute Gasteiger partial charge is 0.326 e. The first-order chi connectivity index (χ1) is 14.4. The van der Waals surface area contributed by atoms with E-state index in [1.165, 1.54) is 4.52 Å². The highest BCUT2D eigenvalue weighted by molar-refractivity contribution is 5.90. The Kier molecular flexibility index (Phi) is 5.18. The van der Waals surface area contributed by atoms with E-state index in [9.17, 15) is 9.59 Å². The van der Waals surface area contributed by atoms with E-state index in [1.54, 1.807) is 0 Å². The molecule has 2 aromatic heterocycles. The molecule has 0 aliphatic carbocycles. The van der Waals surface area contributed by atoms with E-state index in [2.05, 4.69) is 15.4 Å². The lowest BCUT2D eigenvalue weighted by Crippen LogP contribution is -2.26. The predicted molar refractivity (Wildman–Crippen MR) is 117 cm³/mol. The molecular weight excluding hydrogens is 378 g/mol. The van der Waals surface area contributed by atoms with Crippen LogP contribution >= 0.6 is 0 Å². The van der Waals surface area contributed by atoms with Crippen molar-refractivity contribution in [2.45, 2.75) is 26.7 Å². The number of anilines is 1. The lowest BCUT2D eigenvalue weighted by molar-refractivity contribution is -0.116. The van der Waals surface area contributed by atoms with E-state index in [0.29, 0.717) is 23.6 Å². The summed E-state index contributed by atoms with van der Waals surface area (Å²) in [5.41, 5.74) is 3.78. The molecule has 0 aliphatic rings. The van der Waals surface area contributed by atoms with Crippen molar-refractivity contribution in [3.63, 3.8) is 0 Å². The minimum atomic E-state index is -0.237. The zero-order chi connectivity index (χ0) is 21.3. The molecule has 1 amide bonds. The van der Waals surface area contributed by atoms with Crippen LogP contribution < -0.4 is 10.9 Å². The molecule has 0 saturated heterocycles. The first-order valence-corrected chi connectivity index (χ1v) is 9.81. The second-order valence-corrected chi connectivity index (χ2v) is 7.36. The van der Waals surface area contributed by atoms with Gasteiger partial charge in [-0.15, -0.1) is 5.10 Å². The maximum Gasteiger partial charge on any atom is 0.279 e. The lowest BCUT2D eigenvalue weighted by Gasteiger charge is -2.11. The number of aryl methyl sites for hydroxylation is 2. The molecule has 2 heterocycles. The summed E-state index contributed by atoms with van der Waals surface area (Å²) in [6.45, 7) is 3.84. The third-order valence-corrected chi connectivity index (χ3v) is 5.22. The second-order valence-electron chi connectivity index (χ2n) is 7.36. The molecule has 0 unspecified atom stereocenters. The van der Waals surface area contributed by atoms with E-state index in [0.717, 1.165) is 22.5 Å². The van der Waals surface area contributed by atoms with Crippen molar-refractivity contribution < 1.29 is 4.79 Å². The fraction of sp³-hybridized carbons (Fsp3) is 0.217. The van der Waals surface area contributed by atoms with Crippen molar-refractivity contribution in [2.75, 3.05) is 5.32 Å². The van der Waals surface area contributed by atoms with Crippen molar-refractivity contribution in [1.82, 2.24) is 19.2 Å². The number of carbonyl (C=O) groups is 1. The zero-order valence-electron chi connectivity index (χ0n) is 17.2. The van der Waals surface area contributed by atoms with Gasteiger partial charge >= 0.3 is 0 Å². The minimum absolute atomic E-state index is 0.134. The zero-order valence-corrected chi connectivity index (χ0v) is 17.2. The molecular formula is C23H23N5O2. The molecule has 0 atom stereocenters. The standard InChI is InChI=1S/C23H23N5O2/c1-15-8-7-11-18(14-15)24-20(29)13-12-19-16(2)27(3)23-25-21(26-28(23)22(19)30)17-9-5-4-6-10-17/h4-11,14H,12-13H2,1-3H3,(H,24,29). The number of nitrogens with zero attached hydrogens (tertiary/aromatic N) is 4. The van der Waals surface area contributed by atoms with Crippen LogP contribution in [0, 0.1) is 13.8 Å². The van der Waals surface area contributed by atoms with Crippen LogP contribution in [0.2, 0.25) is 0 Å². The van der Waals surface area contributed by atoms with Crippen molar-refractivity contribution >= 4 is 17.4 Å². The number of aromatic nitrogens is 4. The Morgan fingerprint density at radius 2 is 1.83 bits per heavy atom. The average Bonchev–Trinajstić information content (AvgIpc) is 3.19. The van der Waals surface area contributed by atoms with Crippen LogP contribution in [0.5, 0.6) is 0 Å². The SMILES string of the molecule is Cc1cccc(NC(=O)CCc2c(C)n(C)c3nc(-c4ccccc4)nn3c2=O)c1. The molecule has 0 bridgehead atoms. The van der Waals surface area contributed by atoms with E-state index in [1.807, 2.05) is 80.1 Å². The van der Waals surface area contributed by atoms with Crippen LogP contribution in [0.25, 0.3) is 17.2 Å². The van der Waals surface area contributed by atoms with E-state index in [-0.39, 0.29) is 17.9 Å². The Morgan fingerprint density at radius 3 is 2.57 bits per heavy atom. The number of nitrogens with one attached hydrogen (secondary N) is 1. The van der Waals surface area contributed by atoms with E-state index in [4.69, 9.17) is 0 Å². The van der Waals surface area contributed by atoms with Gasteiger partial charge in [0.05, 0.1) is 0 Å². The number of benzene rings is 2. The van der Waals surface area contributed by atoms with Crippen LogP contribution in [0.1, 0.15) is 23.2 Å². The summed E-state index contributed by atoms with van der Waals surface area (Å²) in [5, 5.41) is 7.31. The molecule has 0 radical (unpaired) electrons. The summed E-state index contributed by atoms with van der Waals surface area (Å²) in [5.74, 6) is 0.840. The Bertz CT molecular complexity index is 1290. The molecule has 0 saturated carbocycles. The van der Waals surface area contributed by atoms with Gasteiger partial charge in [-0.25, -0.2) is 0 Å². The Balaban J connectivity index is 1.61. The number of fused-ring (bicyclic) bond motifs is 1. The molecule has 7 nitrogen and oxygen atoms in total. The van der Waals surface area contributed by atoms with Gasteiger partial charge in [0, 0.05) is 36.0 Å². The monoisotopic (exact) mass is 401 g/mol. The van der Waals surface area contributed by atoms with Crippen LogP contribution in [0.4, 0.5) is 5.69 Å². The molecule has 30 heavy (non-hydrogen) atoms. The molecule has 4 aromatic rings. The number of hydrogen-bond donors (Lipinski definition) is 1.